The minimum atomic E-state index is -0.497. The van der Waals surface area contributed by atoms with Crippen molar-refractivity contribution >= 4 is 23.0 Å². The number of nitro groups is 1. The molecule has 8 nitrogen and oxygen atoms in total. The second-order valence-corrected chi connectivity index (χ2v) is 5.81. The predicted octanol–water partition coefficient (Wildman–Crippen LogP) is 4.31. The standard InChI is InChI=1S/C19H19N5O3/c1-13(14-7-4-3-5-8-14)22-18-17(24(25)26)19(21-12-20-18)23-15-9-6-10-16(11-15)27-2/h3-13H,1-2H3,(H2,20,21,22,23). The molecule has 2 N–H and O–H groups in total. The van der Waals surface area contributed by atoms with Crippen LogP contribution in [-0.4, -0.2) is 22.0 Å². The lowest BCUT2D eigenvalue weighted by molar-refractivity contribution is -0.383. The number of nitrogens with zero attached hydrogens (tertiary/aromatic N) is 3. The zero-order chi connectivity index (χ0) is 19.2. The quantitative estimate of drug-likeness (QED) is 0.475. The SMILES string of the molecule is COc1cccc(Nc2ncnc(NC(C)c3ccccc3)c2[N+](=O)[O-])c1. The second-order valence-electron chi connectivity index (χ2n) is 5.81. The van der Waals surface area contributed by atoms with E-state index >= 15 is 0 Å². The molecule has 1 atom stereocenters. The van der Waals surface area contributed by atoms with E-state index in [9.17, 15) is 10.1 Å². The monoisotopic (exact) mass is 365 g/mol. The van der Waals surface area contributed by atoms with Crippen molar-refractivity contribution in [3.63, 3.8) is 0 Å². The first-order chi connectivity index (χ1) is 13.1. The third kappa shape index (κ3) is 4.30. The van der Waals surface area contributed by atoms with Crippen molar-refractivity contribution in [1.82, 2.24) is 9.97 Å². The van der Waals surface area contributed by atoms with Gasteiger partial charge in [-0.1, -0.05) is 36.4 Å². The molecule has 0 saturated heterocycles. The Morgan fingerprint density at radius 1 is 1.07 bits per heavy atom. The number of ether oxygens (including phenoxy) is 1. The Balaban J connectivity index is 1.91. The van der Waals surface area contributed by atoms with Crippen LogP contribution in [0.25, 0.3) is 0 Å². The van der Waals surface area contributed by atoms with Gasteiger partial charge in [0.05, 0.1) is 18.1 Å². The molecule has 0 aliphatic rings. The van der Waals surface area contributed by atoms with Gasteiger partial charge in [-0.15, -0.1) is 0 Å². The number of aromatic nitrogens is 2. The summed E-state index contributed by atoms with van der Waals surface area (Å²) in [5.74, 6) is 0.885. The molecule has 0 aliphatic carbocycles. The van der Waals surface area contributed by atoms with Crippen LogP contribution in [0, 0.1) is 10.1 Å². The second kappa shape index (κ2) is 8.13. The Hall–Kier alpha value is -3.68. The molecule has 8 heteroatoms. The van der Waals surface area contributed by atoms with Gasteiger partial charge < -0.3 is 15.4 Å². The smallest absolute Gasteiger partial charge is 0.353 e. The molecule has 3 rings (SSSR count). The largest absolute Gasteiger partial charge is 0.497 e. The molecule has 2 aromatic carbocycles. The zero-order valence-corrected chi connectivity index (χ0v) is 14.9. The lowest BCUT2D eigenvalue weighted by Gasteiger charge is -2.16. The van der Waals surface area contributed by atoms with E-state index in [2.05, 4.69) is 20.6 Å². The molecule has 0 aliphatic heterocycles. The molecule has 1 aromatic heterocycles. The van der Waals surface area contributed by atoms with Crippen molar-refractivity contribution in [2.24, 2.45) is 0 Å². The Morgan fingerprint density at radius 2 is 1.81 bits per heavy atom. The minimum absolute atomic E-state index is 0.103. The summed E-state index contributed by atoms with van der Waals surface area (Å²) in [7, 11) is 1.55. The molecule has 3 aromatic rings. The molecule has 1 unspecified atom stereocenters. The molecule has 0 saturated carbocycles. The van der Waals surface area contributed by atoms with Gasteiger partial charge in [-0.2, -0.15) is 0 Å². The summed E-state index contributed by atoms with van der Waals surface area (Å²) < 4.78 is 5.18. The Labute approximate surface area is 156 Å². The van der Waals surface area contributed by atoms with Crippen molar-refractivity contribution in [2.75, 3.05) is 17.7 Å². The molecule has 0 amide bonds. The van der Waals surface area contributed by atoms with Gasteiger partial charge in [0.25, 0.3) is 0 Å². The number of anilines is 3. The highest BCUT2D eigenvalue weighted by Gasteiger charge is 2.24. The average molecular weight is 365 g/mol. The van der Waals surface area contributed by atoms with E-state index in [1.54, 1.807) is 31.4 Å². The lowest BCUT2D eigenvalue weighted by atomic mass is 10.1. The summed E-state index contributed by atoms with van der Waals surface area (Å²) in [6.07, 6.45) is 1.29. The van der Waals surface area contributed by atoms with Gasteiger partial charge >= 0.3 is 5.69 Å². The summed E-state index contributed by atoms with van der Waals surface area (Å²) in [4.78, 5) is 19.3. The fourth-order valence-electron chi connectivity index (χ4n) is 2.62. The van der Waals surface area contributed by atoms with Gasteiger partial charge in [-0.3, -0.25) is 10.1 Å². The average Bonchev–Trinajstić information content (AvgIpc) is 2.68. The summed E-state index contributed by atoms with van der Waals surface area (Å²) in [6, 6.07) is 16.5. The summed E-state index contributed by atoms with van der Waals surface area (Å²) in [6.45, 7) is 1.91. The highest BCUT2D eigenvalue weighted by Crippen LogP contribution is 2.33. The Bertz CT molecular complexity index is 934. The molecular weight excluding hydrogens is 346 g/mol. The lowest BCUT2D eigenvalue weighted by Crippen LogP contribution is -2.11. The van der Waals surface area contributed by atoms with E-state index in [1.165, 1.54) is 6.33 Å². The van der Waals surface area contributed by atoms with Crippen LogP contribution in [0.15, 0.2) is 60.9 Å². The van der Waals surface area contributed by atoms with Crippen LogP contribution >= 0.6 is 0 Å². The molecule has 1 heterocycles. The van der Waals surface area contributed by atoms with Gasteiger partial charge in [0.1, 0.15) is 12.1 Å². The van der Waals surface area contributed by atoms with Gasteiger partial charge in [-0.25, -0.2) is 9.97 Å². The summed E-state index contributed by atoms with van der Waals surface area (Å²) in [5, 5.41) is 17.8. The molecular formula is C19H19N5O3. The fraction of sp³-hybridized carbons (Fsp3) is 0.158. The normalized spacial score (nSPS) is 11.5. The van der Waals surface area contributed by atoms with Crippen molar-refractivity contribution < 1.29 is 9.66 Å². The number of methoxy groups -OCH3 is 1. The predicted molar refractivity (Wildman–Crippen MR) is 103 cm³/mol. The highest BCUT2D eigenvalue weighted by atomic mass is 16.6. The molecule has 27 heavy (non-hydrogen) atoms. The Morgan fingerprint density at radius 3 is 2.52 bits per heavy atom. The zero-order valence-electron chi connectivity index (χ0n) is 14.9. The number of hydrogen-bond donors (Lipinski definition) is 2. The molecule has 0 spiro atoms. The maximum Gasteiger partial charge on any atom is 0.353 e. The highest BCUT2D eigenvalue weighted by molar-refractivity contribution is 5.74. The maximum absolute atomic E-state index is 11.7. The van der Waals surface area contributed by atoms with Crippen LogP contribution in [-0.2, 0) is 0 Å². The van der Waals surface area contributed by atoms with Crippen molar-refractivity contribution in [3.8, 4) is 5.75 Å². The number of hydrogen-bond acceptors (Lipinski definition) is 7. The van der Waals surface area contributed by atoms with E-state index in [0.717, 1.165) is 5.56 Å². The number of benzene rings is 2. The topological polar surface area (TPSA) is 102 Å². The minimum Gasteiger partial charge on any atom is -0.497 e. The van der Waals surface area contributed by atoms with Gasteiger partial charge in [0.15, 0.2) is 0 Å². The van der Waals surface area contributed by atoms with Crippen molar-refractivity contribution in [2.45, 2.75) is 13.0 Å². The third-order valence-electron chi connectivity index (χ3n) is 3.99. The van der Waals surface area contributed by atoms with E-state index < -0.39 is 4.92 Å². The first-order valence-electron chi connectivity index (χ1n) is 8.30. The van der Waals surface area contributed by atoms with E-state index in [-0.39, 0.29) is 23.4 Å². The summed E-state index contributed by atoms with van der Waals surface area (Å²) in [5.41, 5.74) is 1.40. The van der Waals surface area contributed by atoms with Crippen molar-refractivity contribution in [1.29, 1.82) is 0 Å². The Kier molecular flexibility index (Phi) is 5.46. The number of nitrogens with one attached hydrogen (secondary N) is 2. The van der Waals surface area contributed by atoms with Gasteiger partial charge in [0, 0.05) is 11.8 Å². The molecule has 138 valence electrons. The van der Waals surface area contributed by atoms with Crippen molar-refractivity contribution in [3.05, 3.63) is 76.6 Å². The van der Waals surface area contributed by atoms with Crippen LogP contribution in [0.1, 0.15) is 18.5 Å². The van der Waals surface area contributed by atoms with Crippen LogP contribution in [0.4, 0.5) is 23.0 Å². The fourth-order valence-corrected chi connectivity index (χ4v) is 2.62. The van der Waals surface area contributed by atoms with E-state index in [0.29, 0.717) is 11.4 Å². The number of rotatable bonds is 7. The van der Waals surface area contributed by atoms with Gasteiger partial charge in [0.2, 0.25) is 11.6 Å². The van der Waals surface area contributed by atoms with Crippen LogP contribution < -0.4 is 15.4 Å². The molecule has 0 bridgehead atoms. The van der Waals surface area contributed by atoms with E-state index in [1.807, 2.05) is 37.3 Å². The molecule has 0 radical (unpaired) electrons. The molecule has 0 fully saturated rings. The van der Waals surface area contributed by atoms with Crippen LogP contribution in [0.5, 0.6) is 5.75 Å². The third-order valence-corrected chi connectivity index (χ3v) is 3.99. The van der Waals surface area contributed by atoms with Gasteiger partial charge in [-0.05, 0) is 24.6 Å². The van der Waals surface area contributed by atoms with Crippen LogP contribution in [0.3, 0.4) is 0 Å². The first-order valence-corrected chi connectivity index (χ1v) is 8.30. The first kappa shape index (κ1) is 18.1. The maximum atomic E-state index is 11.7. The summed E-state index contributed by atoms with van der Waals surface area (Å²) >= 11 is 0. The van der Waals surface area contributed by atoms with E-state index in [4.69, 9.17) is 4.74 Å². The van der Waals surface area contributed by atoms with Crippen LogP contribution in [0.2, 0.25) is 0 Å².